The highest BCUT2D eigenvalue weighted by Crippen LogP contribution is 2.21. The van der Waals surface area contributed by atoms with Gasteiger partial charge < -0.3 is 5.32 Å². The largest absolute Gasteiger partial charge is 0.354 e. The first-order valence-electron chi connectivity index (χ1n) is 7.16. The topological polar surface area (TPSA) is 66.5 Å². The summed E-state index contributed by atoms with van der Waals surface area (Å²) in [7, 11) is -3.37. The number of nitrogens with zero attached hydrogens (tertiary/aromatic N) is 1. The summed E-state index contributed by atoms with van der Waals surface area (Å²) in [4.78, 5) is 11.6. The lowest BCUT2D eigenvalue weighted by molar-refractivity contribution is -0.121. The Morgan fingerprint density at radius 2 is 1.95 bits per heavy atom. The summed E-state index contributed by atoms with van der Waals surface area (Å²) in [6, 6.07) is 7.31. The third-order valence-corrected chi connectivity index (χ3v) is 4.36. The second-order valence-corrected chi connectivity index (χ2v) is 6.98. The van der Waals surface area contributed by atoms with Crippen molar-refractivity contribution in [1.29, 1.82) is 0 Å². The lowest BCUT2D eigenvalue weighted by Crippen LogP contribution is -2.38. The predicted molar refractivity (Wildman–Crippen MR) is 85.9 cm³/mol. The van der Waals surface area contributed by atoms with Gasteiger partial charge in [-0.2, -0.15) is 0 Å². The van der Waals surface area contributed by atoms with Crippen LogP contribution in [0.15, 0.2) is 24.3 Å². The molecule has 0 saturated carbocycles. The van der Waals surface area contributed by atoms with E-state index in [1.54, 1.807) is 12.1 Å². The lowest BCUT2D eigenvalue weighted by atomic mass is 10.2. The van der Waals surface area contributed by atoms with E-state index in [-0.39, 0.29) is 12.5 Å². The second kappa shape index (κ2) is 8.02. The molecule has 1 amide bonds. The molecule has 0 aliphatic carbocycles. The number of hydrogen-bond donors (Lipinski definition) is 1. The van der Waals surface area contributed by atoms with Gasteiger partial charge in [-0.15, -0.1) is 0 Å². The van der Waals surface area contributed by atoms with E-state index in [2.05, 4.69) is 5.32 Å². The maximum absolute atomic E-state index is 11.9. The van der Waals surface area contributed by atoms with E-state index < -0.39 is 10.0 Å². The van der Waals surface area contributed by atoms with E-state index in [0.717, 1.165) is 18.4 Å². The maximum atomic E-state index is 11.9. The summed E-state index contributed by atoms with van der Waals surface area (Å²) in [5, 5.41) is 2.76. The van der Waals surface area contributed by atoms with E-state index in [1.165, 1.54) is 10.6 Å². The summed E-state index contributed by atoms with van der Waals surface area (Å²) in [6.45, 7) is 4.44. The van der Waals surface area contributed by atoms with E-state index in [4.69, 9.17) is 0 Å². The highest BCUT2D eigenvalue weighted by Gasteiger charge is 2.18. The Morgan fingerprint density at radius 1 is 1.29 bits per heavy atom. The zero-order chi connectivity index (χ0) is 15.9. The summed E-state index contributed by atoms with van der Waals surface area (Å²) in [5.41, 5.74) is 1.54. The number of rotatable bonds is 8. The summed E-state index contributed by atoms with van der Waals surface area (Å²) >= 11 is 0. The minimum absolute atomic E-state index is 0.0323. The SMILES string of the molecule is CCCCC(=O)NCCN(c1ccccc1C)S(C)(=O)=O. The molecule has 1 rings (SSSR count). The van der Waals surface area contributed by atoms with Crippen LogP contribution in [0.3, 0.4) is 0 Å². The number of carbonyl (C=O) groups excluding carboxylic acids is 1. The first-order valence-corrected chi connectivity index (χ1v) is 9.01. The molecule has 5 nitrogen and oxygen atoms in total. The first-order chi connectivity index (χ1) is 9.86. The number of hydrogen-bond acceptors (Lipinski definition) is 3. The molecule has 0 fully saturated rings. The summed E-state index contributed by atoms with van der Waals surface area (Å²) in [6.07, 6.45) is 3.48. The van der Waals surface area contributed by atoms with Crippen LogP contribution in [0.4, 0.5) is 5.69 Å². The zero-order valence-electron chi connectivity index (χ0n) is 12.9. The molecule has 0 heterocycles. The van der Waals surface area contributed by atoms with Crippen LogP contribution in [0.5, 0.6) is 0 Å². The molecule has 0 unspecified atom stereocenters. The van der Waals surface area contributed by atoms with Crippen LogP contribution in [0.2, 0.25) is 0 Å². The van der Waals surface area contributed by atoms with Gasteiger partial charge in [0.15, 0.2) is 0 Å². The van der Waals surface area contributed by atoms with Gasteiger partial charge >= 0.3 is 0 Å². The molecular weight excluding hydrogens is 288 g/mol. The average molecular weight is 312 g/mol. The number of carbonyl (C=O) groups is 1. The van der Waals surface area contributed by atoms with Crippen LogP contribution in [0, 0.1) is 6.92 Å². The number of anilines is 1. The highest BCUT2D eigenvalue weighted by molar-refractivity contribution is 7.92. The number of nitrogens with one attached hydrogen (secondary N) is 1. The molecule has 0 bridgehead atoms. The Labute approximate surface area is 127 Å². The minimum Gasteiger partial charge on any atom is -0.354 e. The normalized spacial score (nSPS) is 11.2. The summed E-state index contributed by atoms with van der Waals surface area (Å²) in [5.74, 6) is -0.0323. The van der Waals surface area contributed by atoms with E-state index in [9.17, 15) is 13.2 Å². The number of amides is 1. The smallest absolute Gasteiger partial charge is 0.232 e. The molecule has 6 heteroatoms. The quantitative estimate of drug-likeness (QED) is 0.799. The highest BCUT2D eigenvalue weighted by atomic mass is 32.2. The fourth-order valence-electron chi connectivity index (χ4n) is 2.03. The van der Waals surface area contributed by atoms with Gasteiger partial charge in [-0.3, -0.25) is 9.10 Å². The predicted octanol–water partition coefficient (Wildman–Crippen LogP) is 2.07. The molecule has 0 aliphatic rings. The second-order valence-electron chi connectivity index (χ2n) is 5.08. The molecule has 0 aliphatic heterocycles. The van der Waals surface area contributed by atoms with E-state index in [1.807, 2.05) is 26.0 Å². The van der Waals surface area contributed by atoms with Crippen LogP contribution in [-0.4, -0.2) is 33.7 Å². The van der Waals surface area contributed by atoms with Crippen molar-refractivity contribution >= 4 is 21.6 Å². The van der Waals surface area contributed by atoms with Crippen LogP contribution in [0.25, 0.3) is 0 Å². The number of sulfonamides is 1. The van der Waals surface area contributed by atoms with Crippen LogP contribution in [0.1, 0.15) is 31.7 Å². The molecule has 0 atom stereocenters. The van der Waals surface area contributed by atoms with Gasteiger partial charge in [0.25, 0.3) is 0 Å². The average Bonchev–Trinajstić information content (AvgIpc) is 2.41. The van der Waals surface area contributed by atoms with Gasteiger partial charge in [0, 0.05) is 13.0 Å². The van der Waals surface area contributed by atoms with Gasteiger partial charge in [-0.25, -0.2) is 8.42 Å². The van der Waals surface area contributed by atoms with Crippen molar-refractivity contribution in [3.05, 3.63) is 29.8 Å². The molecule has 21 heavy (non-hydrogen) atoms. The molecule has 0 spiro atoms. The van der Waals surface area contributed by atoms with E-state index >= 15 is 0 Å². The number of aryl methyl sites for hydroxylation is 1. The molecule has 0 saturated heterocycles. The van der Waals surface area contributed by atoms with Crippen LogP contribution < -0.4 is 9.62 Å². The Kier molecular flexibility index (Phi) is 6.68. The van der Waals surface area contributed by atoms with Crippen molar-refractivity contribution in [3.8, 4) is 0 Å². The van der Waals surface area contributed by atoms with Crippen molar-refractivity contribution in [2.75, 3.05) is 23.7 Å². The van der Waals surface area contributed by atoms with Gasteiger partial charge in [0.05, 0.1) is 18.5 Å². The van der Waals surface area contributed by atoms with Crippen molar-refractivity contribution in [1.82, 2.24) is 5.32 Å². The monoisotopic (exact) mass is 312 g/mol. The Bertz CT molecular complexity index is 570. The van der Waals surface area contributed by atoms with Gasteiger partial charge in [-0.1, -0.05) is 31.5 Å². The molecule has 0 radical (unpaired) electrons. The number of unbranched alkanes of at least 4 members (excludes halogenated alkanes) is 1. The Balaban J connectivity index is 2.70. The maximum Gasteiger partial charge on any atom is 0.232 e. The van der Waals surface area contributed by atoms with Gasteiger partial charge in [-0.05, 0) is 25.0 Å². The van der Waals surface area contributed by atoms with Crippen molar-refractivity contribution in [2.45, 2.75) is 33.1 Å². The summed E-state index contributed by atoms with van der Waals surface area (Å²) < 4.78 is 25.2. The van der Waals surface area contributed by atoms with Crippen molar-refractivity contribution < 1.29 is 13.2 Å². The molecule has 1 aromatic carbocycles. The third kappa shape index (κ3) is 5.75. The van der Waals surface area contributed by atoms with E-state index in [0.29, 0.717) is 18.7 Å². The molecule has 1 aromatic rings. The van der Waals surface area contributed by atoms with Crippen molar-refractivity contribution in [2.24, 2.45) is 0 Å². The fraction of sp³-hybridized carbons (Fsp3) is 0.533. The first kappa shape index (κ1) is 17.5. The molecule has 1 N–H and O–H groups in total. The Hall–Kier alpha value is -1.56. The van der Waals surface area contributed by atoms with Gasteiger partial charge in [0.1, 0.15) is 0 Å². The molecule has 118 valence electrons. The molecular formula is C15H24N2O3S. The van der Waals surface area contributed by atoms with Crippen LogP contribution in [-0.2, 0) is 14.8 Å². The van der Waals surface area contributed by atoms with Crippen LogP contribution >= 0.6 is 0 Å². The minimum atomic E-state index is -3.37. The van der Waals surface area contributed by atoms with Crippen molar-refractivity contribution in [3.63, 3.8) is 0 Å². The lowest BCUT2D eigenvalue weighted by Gasteiger charge is -2.24. The Morgan fingerprint density at radius 3 is 2.52 bits per heavy atom. The third-order valence-electron chi connectivity index (χ3n) is 3.18. The number of para-hydroxylation sites is 1. The zero-order valence-corrected chi connectivity index (χ0v) is 13.7. The molecule has 0 aromatic heterocycles. The number of benzene rings is 1. The fourth-order valence-corrected chi connectivity index (χ4v) is 3.02. The standard InChI is InChI=1S/C15H24N2O3S/c1-4-5-10-15(18)16-11-12-17(21(3,19)20)14-9-7-6-8-13(14)2/h6-9H,4-5,10-12H2,1-3H3,(H,16,18). The van der Waals surface area contributed by atoms with Gasteiger partial charge in [0.2, 0.25) is 15.9 Å².